The summed E-state index contributed by atoms with van der Waals surface area (Å²) in [7, 11) is 0. The Morgan fingerprint density at radius 2 is 2.14 bits per heavy atom. The summed E-state index contributed by atoms with van der Waals surface area (Å²) in [5.41, 5.74) is 3.76. The van der Waals surface area contributed by atoms with Crippen LogP contribution in [0.3, 0.4) is 0 Å². The van der Waals surface area contributed by atoms with E-state index in [0.717, 1.165) is 34.9 Å². The van der Waals surface area contributed by atoms with Gasteiger partial charge in [-0.05, 0) is 38.5 Å². The van der Waals surface area contributed by atoms with Gasteiger partial charge in [0.15, 0.2) is 0 Å². The number of carbonyl (C=O) groups excluding carboxylic acids is 1. The summed E-state index contributed by atoms with van der Waals surface area (Å²) in [5.74, 6) is -0.0436. The van der Waals surface area contributed by atoms with Crippen molar-refractivity contribution < 1.29 is 4.79 Å². The van der Waals surface area contributed by atoms with Crippen LogP contribution in [0.15, 0.2) is 23.6 Å². The molecule has 0 bridgehead atoms. The van der Waals surface area contributed by atoms with Crippen LogP contribution in [-0.2, 0) is 6.42 Å². The number of aromatic nitrogens is 1. The minimum atomic E-state index is -0.0436. The highest BCUT2D eigenvalue weighted by molar-refractivity contribution is 7.09. The fourth-order valence-corrected chi connectivity index (χ4v) is 2.76. The van der Waals surface area contributed by atoms with Crippen LogP contribution in [0, 0.1) is 13.8 Å². The van der Waals surface area contributed by atoms with Crippen molar-refractivity contribution in [1.82, 2.24) is 10.3 Å². The number of hydrogen-bond donors (Lipinski definition) is 2. The van der Waals surface area contributed by atoms with Gasteiger partial charge in [-0.3, -0.25) is 4.79 Å². The maximum absolute atomic E-state index is 12.3. The van der Waals surface area contributed by atoms with Crippen LogP contribution in [0.4, 0.5) is 5.69 Å². The number of aryl methyl sites for hydroxylation is 2. The second kappa shape index (κ2) is 7.22. The SMILES string of the molecule is CCNc1cc(C)ccc1C(=O)NCCc1csc(C)n1. The molecule has 1 heterocycles. The van der Waals surface area contributed by atoms with Gasteiger partial charge in [-0.15, -0.1) is 11.3 Å². The van der Waals surface area contributed by atoms with Crippen molar-refractivity contribution in [3.8, 4) is 0 Å². The third-order valence-corrected chi connectivity index (χ3v) is 3.94. The van der Waals surface area contributed by atoms with Crippen LogP contribution < -0.4 is 10.6 Å². The Morgan fingerprint density at radius 3 is 2.81 bits per heavy atom. The topological polar surface area (TPSA) is 54.0 Å². The van der Waals surface area contributed by atoms with Crippen molar-refractivity contribution in [2.24, 2.45) is 0 Å². The Hall–Kier alpha value is -1.88. The predicted molar refractivity (Wildman–Crippen MR) is 88.2 cm³/mol. The van der Waals surface area contributed by atoms with Crippen LogP contribution in [0.25, 0.3) is 0 Å². The Balaban J connectivity index is 1.96. The average Bonchev–Trinajstić information content (AvgIpc) is 2.85. The van der Waals surface area contributed by atoms with Crippen LogP contribution in [-0.4, -0.2) is 24.0 Å². The molecule has 0 radical (unpaired) electrons. The van der Waals surface area contributed by atoms with Crippen molar-refractivity contribution in [2.45, 2.75) is 27.2 Å². The Bertz CT molecular complexity index is 622. The minimum Gasteiger partial charge on any atom is -0.385 e. The van der Waals surface area contributed by atoms with E-state index in [2.05, 4.69) is 15.6 Å². The van der Waals surface area contributed by atoms with Crippen molar-refractivity contribution in [3.63, 3.8) is 0 Å². The molecule has 0 saturated carbocycles. The van der Waals surface area contributed by atoms with Gasteiger partial charge < -0.3 is 10.6 Å². The summed E-state index contributed by atoms with van der Waals surface area (Å²) >= 11 is 1.64. The molecule has 0 aliphatic rings. The number of nitrogens with zero attached hydrogens (tertiary/aromatic N) is 1. The van der Waals surface area contributed by atoms with E-state index in [1.165, 1.54) is 0 Å². The molecule has 1 aromatic heterocycles. The molecule has 1 amide bonds. The molecule has 0 aliphatic heterocycles. The molecule has 0 fully saturated rings. The lowest BCUT2D eigenvalue weighted by molar-refractivity contribution is 0.0955. The van der Waals surface area contributed by atoms with E-state index in [1.807, 2.05) is 44.4 Å². The van der Waals surface area contributed by atoms with Crippen molar-refractivity contribution in [3.05, 3.63) is 45.4 Å². The van der Waals surface area contributed by atoms with Crippen molar-refractivity contribution >= 4 is 22.9 Å². The first-order chi connectivity index (χ1) is 10.1. The highest BCUT2D eigenvalue weighted by atomic mass is 32.1. The smallest absolute Gasteiger partial charge is 0.253 e. The molecule has 112 valence electrons. The Morgan fingerprint density at radius 1 is 1.33 bits per heavy atom. The monoisotopic (exact) mass is 303 g/mol. The standard InChI is InChI=1S/C16H21N3OS/c1-4-17-15-9-11(2)5-6-14(15)16(20)18-8-7-13-10-21-12(3)19-13/h5-6,9-10,17H,4,7-8H2,1-3H3,(H,18,20). The molecule has 0 saturated heterocycles. The third-order valence-electron chi connectivity index (χ3n) is 3.12. The zero-order valence-corrected chi connectivity index (χ0v) is 13.5. The van der Waals surface area contributed by atoms with E-state index in [4.69, 9.17) is 0 Å². The molecule has 0 spiro atoms. The van der Waals surface area contributed by atoms with Gasteiger partial charge in [-0.2, -0.15) is 0 Å². The summed E-state index contributed by atoms with van der Waals surface area (Å²) in [6.45, 7) is 7.42. The van der Waals surface area contributed by atoms with Gasteiger partial charge in [0.1, 0.15) is 0 Å². The van der Waals surface area contributed by atoms with Gasteiger partial charge in [-0.1, -0.05) is 6.07 Å². The molecule has 21 heavy (non-hydrogen) atoms. The molecule has 0 unspecified atom stereocenters. The molecule has 1 aromatic carbocycles. The summed E-state index contributed by atoms with van der Waals surface area (Å²) in [6, 6.07) is 5.83. The predicted octanol–water partition coefficient (Wildman–Crippen LogP) is 3.16. The van der Waals surface area contributed by atoms with Gasteiger partial charge in [-0.25, -0.2) is 4.98 Å². The normalized spacial score (nSPS) is 10.4. The fraction of sp³-hybridized carbons (Fsp3) is 0.375. The summed E-state index contributed by atoms with van der Waals surface area (Å²) in [4.78, 5) is 16.7. The first kappa shape index (κ1) is 15.5. The minimum absolute atomic E-state index is 0.0436. The maximum Gasteiger partial charge on any atom is 0.253 e. The van der Waals surface area contributed by atoms with E-state index < -0.39 is 0 Å². The van der Waals surface area contributed by atoms with Crippen molar-refractivity contribution in [1.29, 1.82) is 0 Å². The Labute approximate surface area is 129 Å². The molecule has 0 aliphatic carbocycles. The van der Waals surface area contributed by atoms with Gasteiger partial charge in [0.2, 0.25) is 0 Å². The van der Waals surface area contributed by atoms with Gasteiger partial charge in [0.05, 0.1) is 16.3 Å². The van der Waals surface area contributed by atoms with Crippen LogP contribution in [0.5, 0.6) is 0 Å². The lowest BCUT2D eigenvalue weighted by atomic mass is 10.1. The van der Waals surface area contributed by atoms with E-state index in [9.17, 15) is 4.79 Å². The van der Waals surface area contributed by atoms with E-state index in [0.29, 0.717) is 12.1 Å². The van der Waals surface area contributed by atoms with Gasteiger partial charge in [0, 0.05) is 30.6 Å². The first-order valence-corrected chi connectivity index (χ1v) is 8.02. The number of thiazole rings is 1. The highest BCUT2D eigenvalue weighted by Crippen LogP contribution is 2.17. The van der Waals surface area contributed by atoms with E-state index in [1.54, 1.807) is 11.3 Å². The quantitative estimate of drug-likeness (QED) is 0.862. The highest BCUT2D eigenvalue weighted by Gasteiger charge is 2.11. The number of nitrogens with one attached hydrogen (secondary N) is 2. The van der Waals surface area contributed by atoms with Crippen LogP contribution in [0.2, 0.25) is 0 Å². The fourth-order valence-electron chi connectivity index (χ4n) is 2.12. The number of anilines is 1. The second-order valence-corrected chi connectivity index (χ2v) is 6.01. The maximum atomic E-state index is 12.3. The summed E-state index contributed by atoms with van der Waals surface area (Å²) in [6.07, 6.45) is 0.762. The number of amides is 1. The average molecular weight is 303 g/mol. The molecule has 4 nitrogen and oxygen atoms in total. The summed E-state index contributed by atoms with van der Waals surface area (Å²) < 4.78 is 0. The molecule has 5 heteroatoms. The number of benzene rings is 1. The van der Waals surface area contributed by atoms with Crippen LogP contribution in [0.1, 0.15) is 33.5 Å². The molecular formula is C16H21N3OS. The zero-order valence-electron chi connectivity index (χ0n) is 12.7. The molecular weight excluding hydrogens is 282 g/mol. The third kappa shape index (κ3) is 4.29. The summed E-state index contributed by atoms with van der Waals surface area (Å²) in [5, 5.41) is 9.30. The van der Waals surface area contributed by atoms with Crippen molar-refractivity contribution in [2.75, 3.05) is 18.4 Å². The van der Waals surface area contributed by atoms with E-state index in [-0.39, 0.29) is 5.91 Å². The van der Waals surface area contributed by atoms with Crippen LogP contribution >= 0.6 is 11.3 Å². The molecule has 2 rings (SSSR count). The number of rotatable bonds is 6. The number of hydrogen-bond acceptors (Lipinski definition) is 4. The Kier molecular flexibility index (Phi) is 5.33. The van der Waals surface area contributed by atoms with E-state index >= 15 is 0 Å². The lowest BCUT2D eigenvalue weighted by Gasteiger charge is -2.11. The van der Waals surface area contributed by atoms with Gasteiger partial charge >= 0.3 is 0 Å². The first-order valence-electron chi connectivity index (χ1n) is 7.14. The number of carbonyl (C=O) groups is 1. The largest absolute Gasteiger partial charge is 0.385 e. The molecule has 2 aromatic rings. The zero-order chi connectivity index (χ0) is 15.2. The molecule has 0 atom stereocenters. The lowest BCUT2D eigenvalue weighted by Crippen LogP contribution is -2.26. The van der Waals surface area contributed by atoms with Gasteiger partial charge in [0.25, 0.3) is 5.91 Å². The molecule has 2 N–H and O–H groups in total. The second-order valence-electron chi connectivity index (χ2n) is 4.94.